The molecule has 1 N–H and O–H groups in total. The number of carbonyl (C=O) groups excluding carboxylic acids is 1. The van der Waals surface area contributed by atoms with Crippen molar-refractivity contribution in [1.82, 2.24) is 4.90 Å². The van der Waals surface area contributed by atoms with Crippen molar-refractivity contribution >= 4 is 69.5 Å². The Kier molecular flexibility index (Phi) is 6.31. The van der Waals surface area contributed by atoms with Gasteiger partial charge in [0, 0.05) is 15.6 Å². The quantitative estimate of drug-likeness (QED) is 0.570. The highest BCUT2D eigenvalue weighted by molar-refractivity contribution is 8.26. The van der Waals surface area contributed by atoms with Gasteiger partial charge < -0.3 is 5.11 Å². The minimum Gasteiger partial charge on any atom is -0.480 e. The van der Waals surface area contributed by atoms with Crippen molar-refractivity contribution in [2.24, 2.45) is 5.92 Å². The molecule has 2 atom stereocenters. The lowest BCUT2D eigenvalue weighted by molar-refractivity contribution is -0.147. The monoisotopic (exact) mass is 403 g/mol. The molecular formula is C16H15Cl2NO3S2. The molecule has 0 radical (unpaired) electrons. The van der Waals surface area contributed by atoms with Crippen LogP contribution in [0, 0.1) is 5.92 Å². The third-order valence-electron chi connectivity index (χ3n) is 3.81. The fourth-order valence-corrected chi connectivity index (χ4v) is 4.15. The first-order valence-corrected chi connectivity index (χ1v) is 9.19. The predicted molar refractivity (Wildman–Crippen MR) is 102 cm³/mol. The number of thiocarbonyl (C=S) groups is 1. The Balaban J connectivity index is 2.42. The average Bonchev–Trinajstić information content (AvgIpc) is 2.78. The fraction of sp³-hybridized carbons (Fsp3) is 0.312. The molecular weight excluding hydrogens is 389 g/mol. The predicted octanol–water partition coefficient (Wildman–Crippen LogP) is 4.69. The van der Waals surface area contributed by atoms with Gasteiger partial charge in [0.15, 0.2) is 0 Å². The van der Waals surface area contributed by atoms with Gasteiger partial charge in [0.2, 0.25) is 0 Å². The lowest BCUT2D eigenvalue weighted by Gasteiger charge is -2.27. The minimum atomic E-state index is -1.07. The summed E-state index contributed by atoms with van der Waals surface area (Å²) in [6.45, 7) is 3.66. The highest BCUT2D eigenvalue weighted by Crippen LogP contribution is 2.38. The molecule has 1 saturated heterocycles. The van der Waals surface area contributed by atoms with Crippen molar-refractivity contribution in [1.29, 1.82) is 0 Å². The molecule has 0 bridgehead atoms. The number of nitrogens with zero attached hydrogens (tertiary/aromatic N) is 1. The second-order valence-electron chi connectivity index (χ2n) is 5.36. The Morgan fingerprint density at radius 2 is 2.00 bits per heavy atom. The molecule has 1 aromatic carbocycles. The van der Waals surface area contributed by atoms with E-state index in [4.69, 9.17) is 35.4 Å². The third-order valence-corrected chi connectivity index (χ3v) is 5.80. The van der Waals surface area contributed by atoms with Crippen molar-refractivity contribution < 1.29 is 14.7 Å². The van der Waals surface area contributed by atoms with Gasteiger partial charge in [-0.3, -0.25) is 9.69 Å². The summed E-state index contributed by atoms with van der Waals surface area (Å²) in [5.74, 6) is -1.74. The topological polar surface area (TPSA) is 57.6 Å². The molecule has 0 aromatic heterocycles. The summed E-state index contributed by atoms with van der Waals surface area (Å²) in [4.78, 5) is 25.8. The van der Waals surface area contributed by atoms with E-state index < -0.39 is 17.9 Å². The van der Waals surface area contributed by atoms with E-state index in [0.717, 1.165) is 11.8 Å². The molecule has 24 heavy (non-hydrogen) atoms. The number of benzene rings is 1. The van der Waals surface area contributed by atoms with Crippen molar-refractivity contribution in [2.45, 2.75) is 26.3 Å². The molecule has 0 spiro atoms. The van der Waals surface area contributed by atoms with Gasteiger partial charge in [-0.05, 0) is 24.1 Å². The number of aliphatic carboxylic acids is 1. The molecule has 1 aromatic rings. The maximum Gasteiger partial charge on any atom is 0.327 e. The Morgan fingerprint density at radius 3 is 2.50 bits per heavy atom. The number of hydrogen-bond acceptors (Lipinski definition) is 4. The number of rotatable bonds is 5. The normalized spacial score (nSPS) is 19.0. The molecule has 0 aliphatic carbocycles. The molecule has 1 aliphatic rings. The van der Waals surface area contributed by atoms with Gasteiger partial charge in [0.25, 0.3) is 5.91 Å². The van der Waals surface area contributed by atoms with E-state index >= 15 is 0 Å². The summed E-state index contributed by atoms with van der Waals surface area (Å²) in [6.07, 6.45) is 2.17. The van der Waals surface area contributed by atoms with Crippen LogP contribution in [-0.2, 0) is 9.59 Å². The lowest BCUT2D eigenvalue weighted by atomic mass is 9.98. The standard InChI is InChI=1S/C16H15Cl2NO3S2/c1-3-8(2)13(15(21)22)19-14(20)12(24-16(19)23)7-9-10(17)5-4-6-11(9)18/h4-8,13H,3H2,1-2H3,(H,21,22)/b12-7-. The first-order chi connectivity index (χ1) is 11.3. The highest BCUT2D eigenvalue weighted by Gasteiger charge is 2.42. The third kappa shape index (κ3) is 3.77. The zero-order valence-corrected chi connectivity index (χ0v) is 16.1. The Morgan fingerprint density at radius 1 is 1.42 bits per heavy atom. The van der Waals surface area contributed by atoms with Crippen molar-refractivity contribution in [2.75, 3.05) is 0 Å². The first kappa shape index (κ1) is 19.2. The molecule has 1 amide bonds. The zero-order chi connectivity index (χ0) is 18.0. The molecule has 128 valence electrons. The molecule has 2 rings (SSSR count). The van der Waals surface area contributed by atoms with Crippen molar-refractivity contribution in [3.63, 3.8) is 0 Å². The van der Waals surface area contributed by atoms with Crippen LogP contribution in [0.25, 0.3) is 6.08 Å². The molecule has 1 aliphatic heterocycles. The van der Waals surface area contributed by atoms with Gasteiger partial charge >= 0.3 is 5.97 Å². The van der Waals surface area contributed by atoms with E-state index in [0.29, 0.717) is 26.9 Å². The van der Waals surface area contributed by atoms with Gasteiger partial charge in [-0.25, -0.2) is 4.79 Å². The number of carbonyl (C=O) groups is 2. The smallest absolute Gasteiger partial charge is 0.327 e. The van der Waals surface area contributed by atoms with E-state index in [-0.39, 0.29) is 10.2 Å². The Labute approximate surface area is 159 Å². The Bertz CT molecular complexity index is 716. The molecule has 1 heterocycles. The van der Waals surface area contributed by atoms with Crippen LogP contribution in [0.2, 0.25) is 10.0 Å². The molecule has 8 heteroatoms. The van der Waals surface area contributed by atoms with Crippen LogP contribution < -0.4 is 0 Å². The van der Waals surface area contributed by atoms with E-state index in [1.165, 1.54) is 4.90 Å². The van der Waals surface area contributed by atoms with Crippen molar-refractivity contribution in [3.8, 4) is 0 Å². The van der Waals surface area contributed by atoms with Gasteiger partial charge in [0.1, 0.15) is 10.4 Å². The maximum absolute atomic E-state index is 12.7. The van der Waals surface area contributed by atoms with Crippen LogP contribution in [0.4, 0.5) is 0 Å². The van der Waals surface area contributed by atoms with E-state index in [2.05, 4.69) is 0 Å². The number of carboxylic acids is 1. The van der Waals surface area contributed by atoms with Gasteiger partial charge in [-0.1, -0.05) is 73.5 Å². The summed E-state index contributed by atoms with van der Waals surface area (Å²) in [5, 5.41) is 10.3. The molecule has 1 fully saturated rings. The summed E-state index contributed by atoms with van der Waals surface area (Å²) in [5.41, 5.74) is 0.511. The van der Waals surface area contributed by atoms with Crippen LogP contribution in [-0.4, -0.2) is 32.2 Å². The van der Waals surface area contributed by atoms with E-state index in [1.807, 2.05) is 6.92 Å². The summed E-state index contributed by atoms with van der Waals surface area (Å²) < 4.78 is 0.224. The molecule has 4 nitrogen and oxygen atoms in total. The van der Waals surface area contributed by atoms with Gasteiger partial charge in [-0.15, -0.1) is 0 Å². The van der Waals surface area contributed by atoms with Crippen LogP contribution in [0.15, 0.2) is 23.1 Å². The minimum absolute atomic E-state index is 0.224. The number of halogens is 2. The largest absolute Gasteiger partial charge is 0.480 e. The van der Waals surface area contributed by atoms with Crippen LogP contribution in [0.5, 0.6) is 0 Å². The van der Waals surface area contributed by atoms with Crippen molar-refractivity contribution in [3.05, 3.63) is 38.7 Å². The van der Waals surface area contributed by atoms with E-state index in [9.17, 15) is 14.7 Å². The number of hydrogen-bond donors (Lipinski definition) is 1. The Hall–Kier alpha value is -1.08. The summed E-state index contributed by atoms with van der Waals surface area (Å²) >= 11 is 18.5. The first-order valence-electron chi connectivity index (χ1n) is 7.21. The summed E-state index contributed by atoms with van der Waals surface area (Å²) in [7, 11) is 0. The second-order valence-corrected chi connectivity index (χ2v) is 7.85. The zero-order valence-electron chi connectivity index (χ0n) is 13.0. The fourth-order valence-electron chi connectivity index (χ4n) is 2.33. The number of amides is 1. The van der Waals surface area contributed by atoms with Crippen LogP contribution >= 0.6 is 47.2 Å². The van der Waals surface area contributed by atoms with Crippen LogP contribution in [0.3, 0.4) is 0 Å². The van der Waals surface area contributed by atoms with Crippen LogP contribution in [0.1, 0.15) is 25.8 Å². The average molecular weight is 404 g/mol. The van der Waals surface area contributed by atoms with Gasteiger partial charge in [0.05, 0.1) is 4.91 Å². The number of carboxylic acid groups (broad SMARTS) is 1. The van der Waals surface area contributed by atoms with Gasteiger partial charge in [-0.2, -0.15) is 0 Å². The van der Waals surface area contributed by atoms with E-state index in [1.54, 1.807) is 31.2 Å². The molecule has 2 unspecified atom stereocenters. The summed E-state index contributed by atoms with van der Waals surface area (Å²) in [6, 6.07) is 4.05. The highest BCUT2D eigenvalue weighted by atomic mass is 35.5. The number of thioether (sulfide) groups is 1. The maximum atomic E-state index is 12.7. The lowest BCUT2D eigenvalue weighted by Crippen LogP contribution is -2.47. The molecule has 0 saturated carbocycles. The second kappa shape index (κ2) is 7.87. The SMILES string of the molecule is CCC(C)C(C(=O)O)N1C(=O)/C(=C/c2c(Cl)cccc2Cl)SC1=S.